The van der Waals surface area contributed by atoms with Crippen LogP contribution in [0.1, 0.15) is 18.9 Å². The van der Waals surface area contributed by atoms with Gasteiger partial charge in [0.2, 0.25) is 17.7 Å². The number of nitrogens with zero attached hydrogens (tertiary/aromatic N) is 2. The van der Waals surface area contributed by atoms with E-state index in [2.05, 4.69) is 0 Å². The molecule has 8 heteroatoms. The lowest BCUT2D eigenvalue weighted by Gasteiger charge is -2.27. The summed E-state index contributed by atoms with van der Waals surface area (Å²) in [6.45, 7) is 0.818. The molecule has 27 heavy (non-hydrogen) atoms. The minimum atomic E-state index is -4.56. The van der Waals surface area contributed by atoms with Gasteiger partial charge in [-0.05, 0) is 36.5 Å². The van der Waals surface area contributed by atoms with Gasteiger partial charge in [0.05, 0.1) is 17.4 Å². The number of hydrogen-bond acceptors (Lipinski definition) is 3. The normalized spacial score (nSPS) is 28.8. The summed E-state index contributed by atoms with van der Waals surface area (Å²) in [5, 5.41) is 0. The van der Waals surface area contributed by atoms with Crippen LogP contribution in [0.3, 0.4) is 0 Å². The molecule has 2 bridgehead atoms. The second kappa shape index (κ2) is 5.94. The molecule has 3 amide bonds. The fourth-order valence-electron chi connectivity index (χ4n) is 4.46. The van der Waals surface area contributed by atoms with E-state index in [9.17, 15) is 27.6 Å². The Balaban J connectivity index is 1.61. The summed E-state index contributed by atoms with van der Waals surface area (Å²) in [5.41, 5.74) is -0.902. The van der Waals surface area contributed by atoms with E-state index in [-0.39, 0.29) is 36.0 Å². The Bertz CT molecular complexity index is 834. The molecule has 0 spiro atoms. The molecule has 1 saturated heterocycles. The summed E-state index contributed by atoms with van der Waals surface area (Å²) in [6, 6.07) is 4.30. The first-order chi connectivity index (χ1) is 12.7. The maximum Gasteiger partial charge on any atom is 0.416 e. The molecule has 2 aliphatic carbocycles. The number of carbonyl (C=O) groups is 3. The van der Waals surface area contributed by atoms with E-state index < -0.39 is 29.5 Å². The number of fused-ring (bicyclic) bond motifs is 5. The van der Waals surface area contributed by atoms with Gasteiger partial charge in [0.15, 0.2) is 0 Å². The van der Waals surface area contributed by atoms with E-state index in [1.54, 1.807) is 0 Å². The fraction of sp³-hybridized carbons (Fsp3) is 0.421. The van der Waals surface area contributed by atoms with Crippen molar-refractivity contribution < 1.29 is 27.6 Å². The highest BCUT2D eigenvalue weighted by atomic mass is 19.4. The number of allylic oxidation sites excluding steroid dienone is 2. The molecule has 1 saturated carbocycles. The molecule has 0 aromatic heterocycles. The molecule has 4 atom stereocenters. The number of carbonyl (C=O) groups excluding carboxylic acids is 3. The molecular weight excluding hydrogens is 361 g/mol. The summed E-state index contributed by atoms with van der Waals surface area (Å²) in [5.74, 6) is -2.01. The summed E-state index contributed by atoms with van der Waals surface area (Å²) in [7, 11) is 0. The molecule has 1 aromatic rings. The summed E-state index contributed by atoms with van der Waals surface area (Å²) < 4.78 is 38.9. The van der Waals surface area contributed by atoms with Crippen LogP contribution in [0.2, 0.25) is 0 Å². The van der Waals surface area contributed by atoms with Gasteiger partial charge in [-0.1, -0.05) is 18.2 Å². The van der Waals surface area contributed by atoms with Crippen LogP contribution in [-0.4, -0.2) is 29.3 Å². The van der Waals surface area contributed by atoms with Crippen molar-refractivity contribution in [2.24, 2.45) is 23.7 Å². The van der Waals surface area contributed by atoms with Crippen molar-refractivity contribution in [1.29, 1.82) is 0 Å². The second-order valence-electron chi connectivity index (χ2n) is 7.24. The van der Waals surface area contributed by atoms with Crippen molar-refractivity contribution in [3.8, 4) is 0 Å². The van der Waals surface area contributed by atoms with Crippen molar-refractivity contribution in [2.75, 3.05) is 11.6 Å². The molecule has 1 aliphatic heterocycles. The maximum absolute atomic E-state index is 13.0. The number of likely N-dealkylation sites (tertiary alicyclic amines) is 1. The number of benzene rings is 1. The smallest absolute Gasteiger partial charge is 0.294 e. The Morgan fingerprint density at radius 1 is 1.15 bits per heavy atom. The molecule has 142 valence electrons. The first-order valence-electron chi connectivity index (χ1n) is 8.67. The number of imide groups is 1. The largest absolute Gasteiger partial charge is 0.416 e. The van der Waals surface area contributed by atoms with E-state index in [0.717, 1.165) is 28.4 Å². The number of amides is 3. The van der Waals surface area contributed by atoms with E-state index in [1.165, 1.54) is 19.1 Å². The fourth-order valence-corrected chi connectivity index (χ4v) is 4.46. The van der Waals surface area contributed by atoms with Crippen molar-refractivity contribution in [2.45, 2.75) is 19.5 Å². The Morgan fingerprint density at radius 2 is 1.74 bits per heavy atom. The SMILES string of the molecule is CC(=O)N(CN1C(=O)[C@H]2[C@H](C1=O)[C@H]1C=C[C@H]2C1)c1cccc(C(F)(F)F)c1. The van der Waals surface area contributed by atoms with Crippen LogP contribution in [0.15, 0.2) is 36.4 Å². The van der Waals surface area contributed by atoms with Crippen LogP contribution >= 0.6 is 0 Å². The molecule has 0 unspecified atom stereocenters. The molecule has 5 nitrogen and oxygen atoms in total. The maximum atomic E-state index is 13.0. The highest BCUT2D eigenvalue weighted by molar-refractivity contribution is 6.07. The number of hydrogen-bond donors (Lipinski definition) is 0. The lowest BCUT2D eigenvalue weighted by Crippen LogP contribution is -2.44. The van der Waals surface area contributed by atoms with Crippen LogP contribution in [0.4, 0.5) is 18.9 Å². The first kappa shape index (κ1) is 17.8. The average Bonchev–Trinajstić information content (AvgIpc) is 3.27. The standard InChI is InChI=1S/C19H17F3N2O3/c1-10(25)23(14-4-2-3-13(8-14)19(20,21)22)9-24-17(26)15-11-5-6-12(7-11)16(15)18(24)27/h2-6,8,11-12,15-16H,7,9H2,1H3/t11-,12-,15+,16+/m0/s1. The Morgan fingerprint density at radius 3 is 2.26 bits per heavy atom. The molecule has 2 fully saturated rings. The van der Waals surface area contributed by atoms with Gasteiger partial charge in [0.25, 0.3) is 0 Å². The predicted octanol–water partition coefficient (Wildman–Crippen LogP) is 2.82. The minimum Gasteiger partial charge on any atom is -0.294 e. The molecule has 3 aliphatic rings. The summed E-state index contributed by atoms with van der Waals surface area (Å²) in [6.07, 6.45) is 0.135. The van der Waals surface area contributed by atoms with Crippen LogP contribution in [-0.2, 0) is 20.6 Å². The monoisotopic (exact) mass is 378 g/mol. The molecule has 0 N–H and O–H groups in total. The van der Waals surface area contributed by atoms with Gasteiger partial charge >= 0.3 is 6.18 Å². The zero-order valence-electron chi connectivity index (χ0n) is 14.4. The van der Waals surface area contributed by atoms with Crippen LogP contribution in [0, 0.1) is 23.7 Å². The molecule has 1 heterocycles. The number of alkyl halides is 3. The molecule has 1 aromatic carbocycles. The highest BCUT2D eigenvalue weighted by Crippen LogP contribution is 2.52. The van der Waals surface area contributed by atoms with Crippen molar-refractivity contribution in [3.63, 3.8) is 0 Å². The van der Waals surface area contributed by atoms with Gasteiger partial charge in [-0.2, -0.15) is 13.2 Å². The third-order valence-electron chi connectivity index (χ3n) is 5.71. The van der Waals surface area contributed by atoms with E-state index >= 15 is 0 Å². The lowest BCUT2D eigenvalue weighted by atomic mass is 9.85. The predicted molar refractivity (Wildman–Crippen MR) is 89.0 cm³/mol. The van der Waals surface area contributed by atoms with E-state index in [4.69, 9.17) is 0 Å². The van der Waals surface area contributed by atoms with Crippen LogP contribution in [0.5, 0.6) is 0 Å². The van der Waals surface area contributed by atoms with Crippen molar-refractivity contribution in [3.05, 3.63) is 42.0 Å². The van der Waals surface area contributed by atoms with Crippen LogP contribution in [0.25, 0.3) is 0 Å². The summed E-state index contributed by atoms with van der Waals surface area (Å²) in [4.78, 5) is 39.6. The summed E-state index contributed by atoms with van der Waals surface area (Å²) >= 11 is 0. The molecular formula is C19H17F3N2O3. The Hall–Kier alpha value is -2.64. The Labute approximate surface area is 153 Å². The second-order valence-corrected chi connectivity index (χ2v) is 7.24. The number of halogens is 3. The van der Waals surface area contributed by atoms with Gasteiger partial charge in [0, 0.05) is 12.6 Å². The quantitative estimate of drug-likeness (QED) is 0.600. The molecule has 0 radical (unpaired) electrons. The van der Waals surface area contributed by atoms with E-state index in [1.807, 2.05) is 12.2 Å². The topological polar surface area (TPSA) is 57.7 Å². The average molecular weight is 378 g/mol. The van der Waals surface area contributed by atoms with Gasteiger partial charge in [-0.3, -0.25) is 24.2 Å². The Kier molecular flexibility index (Phi) is 3.90. The van der Waals surface area contributed by atoms with Crippen LogP contribution < -0.4 is 4.90 Å². The van der Waals surface area contributed by atoms with Gasteiger partial charge in [-0.25, -0.2) is 0 Å². The lowest BCUT2D eigenvalue weighted by molar-refractivity contribution is -0.141. The number of anilines is 1. The van der Waals surface area contributed by atoms with Gasteiger partial charge in [-0.15, -0.1) is 0 Å². The zero-order chi connectivity index (χ0) is 19.5. The minimum absolute atomic E-state index is 0.00363. The zero-order valence-corrected chi connectivity index (χ0v) is 14.4. The van der Waals surface area contributed by atoms with Crippen molar-refractivity contribution in [1.82, 2.24) is 4.90 Å². The van der Waals surface area contributed by atoms with E-state index in [0.29, 0.717) is 0 Å². The third-order valence-corrected chi connectivity index (χ3v) is 5.71. The van der Waals surface area contributed by atoms with Crippen molar-refractivity contribution >= 4 is 23.4 Å². The first-order valence-corrected chi connectivity index (χ1v) is 8.67. The van der Waals surface area contributed by atoms with Gasteiger partial charge in [0.1, 0.15) is 6.67 Å². The number of rotatable bonds is 3. The highest BCUT2D eigenvalue weighted by Gasteiger charge is 2.59. The van der Waals surface area contributed by atoms with Gasteiger partial charge < -0.3 is 0 Å². The third kappa shape index (κ3) is 2.74. The molecule has 4 rings (SSSR count).